The molecule has 4 heteroatoms. The van der Waals surface area contributed by atoms with Crippen LogP contribution in [0.25, 0.3) is 0 Å². The van der Waals surface area contributed by atoms with E-state index in [9.17, 15) is 18.0 Å². The van der Waals surface area contributed by atoms with Gasteiger partial charge in [0, 0.05) is 11.6 Å². The molecule has 0 atom stereocenters. The minimum atomic E-state index is -0.916. The maximum Gasteiger partial charge on any atom is 0.196 e. The number of rotatable bonds is 2. The van der Waals surface area contributed by atoms with Crippen molar-refractivity contribution in [1.82, 2.24) is 0 Å². The van der Waals surface area contributed by atoms with Gasteiger partial charge in [0.1, 0.15) is 17.5 Å². The number of benzene rings is 2. The molecule has 0 aliphatic heterocycles. The van der Waals surface area contributed by atoms with Crippen LogP contribution >= 0.6 is 0 Å². The summed E-state index contributed by atoms with van der Waals surface area (Å²) in [6.45, 7) is 4.62. The predicted octanol–water partition coefficient (Wildman–Crippen LogP) is 4.26. The molecule has 0 amide bonds. The molecular weight excluding hydrogens is 265 g/mol. The van der Waals surface area contributed by atoms with Crippen LogP contribution in [-0.2, 0) is 0 Å². The van der Waals surface area contributed by atoms with Crippen molar-refractivity contribution in [3.63, 3.8) is 0 Å². The van der Waals surface area contributed by atoms with Crippen LogP contribution in [0.15, 0.2) is 24.3 Å². The lowest BCUT2D eigenvalue weighted by Crippen LogP contribution is -2.10. The van der Waals surface area contributed by atoms with Crippen LogP contribution in [0.3, 0.4) is 0 Å². The van der Waals surface area contributed by atoms with E-state index in [1.165, 1.54) is 25.1 Å². The Labute approximate surface area is 115 Å². The number of hydrogen-bond acceptors (Lipinski definition) is 1. The summed E-state index contributed by atoms with van der Waals surface area (Å²) in [6, 6.07) is 4.30. The third kappa shape index (κ3) is 2.46. The second-order valence-corrected chi connectivity index (χ2v) is 4.82. The van der Waals surface area contributed by atoms with E-state index in [4.69, 9.17) is 0 Å². The normalized spacial score (nSPS) is 10.7. The van der Waals surface area contributed by atoms with Crippen LogP contribution in [0, 0.1) is 38.2 Å². The molecule has 0 spiro atoms. The number of aryl methyl sites for hydroxylation is 3. The summed E-state index contributed by atoms with van der Waals surface area (Å²) in [5.41, 5.74) is 1.08. The van der Waals surface area contributed by atoms with Crippen molar-refractivity contribution in [2.24, 2.45) is 0 Å². The third-order valence-electron chi connectivity index (χ3n) is 3.22. The highest BCUT2D eigenvalue weighted by atomic mass is 19.1. The highest BCUT2D eigenvalue weighted by molar-refractivity contribution is 6.11. The van der Waals surface area contributed by atoms with Crippen molar-refractivity contribution in [2.45, 2.75) is 20.8 Å². The molecule has 0 saturated carbocycles. The van der Waals surface area contributed by atoms with Gasteiger partial charge in [-0.2, -0.15) is 0 Å². The first-order valence-electron chi connectivity index (χ1n) is 6.08. The van der Waals surface area contributed by atoms with Gasteiger partial charge in [0.25, 0.3) is 0 Å². The lowest BCUT2D eigenvalue weighted by Gasteiger charge is -2.11. The molecule has 0 heterocycles. The van der Waals surface area contributed by atoms with Gasteiger partial charge in [0.05, 0.1) is 5.56 Å². The van der Waals surface area contributed by atoms with Crippen molar-refractivity contribution in [2.75, 3.05) is 0 Å². The van der Waals surface area contributed by atoms with Gasteiger partial charge in [-0.25, -0.2) is 13.2 Å². The van der Waals surface area contributed by atoms with Gasteiger partial charge in [0.15, 0.2) is 5.78 Å². The third-order valence-corrected chi connectivity index (χ3v) is 3.22. The SMILES string of the molecule is Cc1cc(C(=O)c2c(C)cc(F)cc2C)c(F)cc1F. The lowest BCUT2D eigenvalue weighted by atomic mass is 9.93. The van der Waals surface area contributed by atoms with Crippen molar-refractivity contribution in [3.05, 3.63) is 69.5 Å². The molecule has 0 unspecified atom stereocenters. The summed E-state index contributed by atoms with van der Waals surface area (Å²) in [7, 11) is 0. The monoisotopic (exact) mass is 278 g/mol. The number of hydrogen-bond donors (Lipinski definition) is 0. The minimum absolute atomic E-state index is 0.187. The molecule has 0 radical (unpaired) electrons. The highest BCUT2D eigenvalue weighted by Gasteiger charge is 2.20. The topological polar surface area (TPSA) is 17.1 Å². The van der Waals surface area contributed by atoms with E-state index in [0.29, 0.717) is 17.2 Å². The van der Waals surface area contributed by atoms with Crippen LogP contribution < -0.4 is 0 Å². The average molecular weight is 278 g/mol. The van der Waals surface area contributed by atoms with Crippen LogP contribution in [0.2, 0.25) is 0 Å². The fourth-order valence-electron chi connectivity index (χ4n) is 2.23. The molecule has 2 aromatic carbocycles. The molecule has 1 nitrogen and oxygen atoms in total. The molecule has 0 bridgehead atoms. The Morgan fingerprint density at radius 3 is 1.90 bits per heavy atom. The summed E-state index contributed by atoms with van der Waals surface area (Å²) < 4.78 is 40.2. The molecule has 0 aliphatic rings. The van der Waals surface area contributed by atoms with E-state index in [-0.39, 0.29) is 16.7 Å². The highest BCUT2D eigenvalue weighted by Crippen LogP contribution is 2.23. The van der Waals surface area contributed by atoms with Crippen LogP contribution in [0.5, 0.6) is 0 Å². The molecule has 2 aromatic rings. The number of halogens is 3. The Bertz CT molecular complexity index is 682. The molecule has 0 aliphatic carbocycles. The molecule has 20 heavy (non-hydrogen) atoms. The fourth-order valence-corrected chi connectivity index (χ4v) is 2.23. The molecule has 0 N–H and O–H groups in total. The van der Waals surface area contributed by atoms with Gasteiger partial charge in [0.2, 0.25) is 0 Å². The standard InChI is InChI=1S/C16H13F3O/c1-8-6-12(14(19)7-13(8)18)16(20)15-9(2)4-11(17)5-10(15)3/h4-7H,1-3H3. The van der Waals surface area contributed by atoms with E-state index in [0.717, 1.165) is 0 Å². The van der Waals surface area contributed by atoms with Crippen molar-refractivity contribution in [3.8, 4) is 0 Å². The maximum atomic E-state index is 13.8. The van der Waals surface area contributed by atoms with E-state index < -0.39 is 23.2 Å². The summed E-state index contributed by atoms with van der Waals surface area (Å²) in [5.74, 6) is -2.64. The van der Waals surface area contributed by atoms with E-state index in [1.54, 1.807) is 13.8 Å². The minimum Gasteiger partial charge on any atom is -0.288 e. The average Bonchev–Trinajstić information content (AvgIpc) is 2.32. The molecule has 0 aromatic heterocycles. The van der Waals surface area contributed by atoms with Crippen molar-refractivity contribution < 1.29 is 18.0 Å². The quantitative estimate of drug-likeness (QED) is 0.750. The second kappa shape index (κ2) is 5.12. The van der Waals surface area contributed by atoms with Gasteiger partial charge in [-0.3, -0.25) is 4.79 Å². The van der Waals surface area contributed by atoms with E-state index >= 15 is 0 Å². The lowest BCUT2D eigenvalue weighted by molar-refractivity contribution is 0.103. The summed E-state index contributed by atoms with van der Waals surface area (Å²) in [5, 5.41) is 0. The molecule has 0 fully saturated rings. The number of ketones is 1. The Kier molecular flexibility index (Phi) is 3.66. The Morgan fingerprint density at radius 2 is 1.35 bits per heavy atom. The zero-order valence-electron chi connectivity index (χ0n) is 11.4. The molecule has 0 saturated heterocycles. The first-order chi connectivity index (χ1) is 9.31. The zero-order chi connectivity index (χ0) is 15.0. The zero-order valence-corrected chi connectivity index (χ0v) is 11.4. The number of carbonyl (C=O) groups is 1. The van der Waals surface area contributed by atoms with Crippen LogP contribution in [0.4, 0.5) is 13.2 Å². The molecule has 2 rings (SSSR count). The molecular formula is C16H13F3O. The smallest absolute Gasteiger partial charge is 0.196 e. The number of carbonyl (C=O) groups excluding carboxylic acids is 1. The fraction of sp³-hybridized carbons (Fsp3) is 0.188. The Hall–Kier alpha value is -2.10. The summed E-state index contributed by atoms with van der Waals surface area (Å²) in [6.07, 6.45) is 0. The maximum absolute atomic E-state index is 13.8. The van der Waals surface area contributed by atoms with E-state index in [1.807, 2.05) is 0 Å². The van der Waals surface area contributed by atoms with Crippen LogP contribution in [0.1, 0.15) is 32.6 Å². The van der Waals surface area contributed by atoms with Gasteiger partial charge < -0.3 is 0 Å². The summed E-state index contributed by atoms with van der Waals surface area (Å²) in [4.78, 5) is 12.4. The van der Waals surface area contributed by atoms with Crippen LogP contribution in [-0.4, -0.2) is 5.78 Å². The van der Waals surface area contributed by atoms with Gasteiger partial charge >= 0.3 is 0 Å². The largest absolute Gasteiger partial charge is 0.288 e. The van der Waals surface area contributed by atoms with Crippen molar-refractivity contribution in [1.29, 1.82) is 0 Å². The van der Waals surface area contributed by atoms with Crippen molar-refractivity contribution >= 4 is 5.78 Å². The Balaban J connectivity index is 2.61. The first kappa shape index (κ1) is 14.3. The predicted molar refractivity (Wildman–Crippen MR) is 70.4 cm³/mol. The van der Waals surface area contributed by atoms with Gasteiger partial charge in [-0.05, 0) is 55.7 Å². The van der Waals surface area contributed by atoms with Gasteiger partial charge in [-0.1, -0.05) is 0 Å². The molecule has 104 valence electrons. The Morgan fingerprint density at radius 1 is 0.800 bits per heavy atom. The first-order valence-corrected chi connectivity index (χ1v) is 6.08. The van der Waals surface area contributed by atoms with E-state index in [2.05, 4.69) is 0 Å². The summed E-state index contributed by atoms with van der Waals surface area (Å²) >= 11 is 0. The van der Waals surface area contributed by atoms with Gasteiger partial charge in [-0.15, -0.1) is 0 Å². The second-order valence-electron chi connectivity index (χ2n) is 4.82.